The van der Waals surface area contributed by atoms with E-state index in [0.717, 1.165) is 0 Å². The highest BCUT2D eigenvalue weighted by Crippen LogP contribution is 2.30. The van der Waals surface area contributed by atoms with Crippen LogP contribution in [0.25, 0.3) is 0 Å². The Morgan fingerprint density at radius 2 is 1.94 bits per heavy atom. The molecule has 0 N–H and O–H groups in total. The number of benzene rings is 1. The summed E-state index contributed by atoms with van der Waals surface area (Å²) >= 11 is 3.12. The van der Waals surface area contributed by atoms with Crippen LogP contribution in [0.3, 0.4) is 0 Å². The molecule has 1 aromatic rings. The van der Waals surface area contributed by atoms with Crippen LogP contribution in [-0.4, -0.2) is 13.9 Å². The Balaban J connectivity index is 2.91. The Morgan fingerprint density at radius 3 is 2.41 bits per heavy atom. The molecule has 0 heterocycles. The molecule has 3 nitrogen and oxygen atoms in total. The molecule has 0 spiro atoms. The molecular weight excluding hydrogens is 325 g/mol. The van der Waals surface area contributed by atoms with Crippen LogP contribution in [0.15, 0.2) is 28.7 Å². The Bertz CT molecular complexity index is 498. The molecule has 1 aromatic carbocycles. The van der Waals surface area contributed by atoms with Crippen LogP contribution < -0.4 is 0 Å². The van der Waals surface area contributed by atoms with E-state index in [4.69, 9.17) is 0 Å². The van der Waals surface area contributed by atoms with E-state index in [9.17, 15) is 21.6 Å². The molecule has 96 valence electrons. The second-order valence-electron chi connectivity index (χ2n) is 3.19. The third kappa shape index (κ3) is 3.68. The molecule has 0 aliphatic rings. The first-order valence-corrected chi connectivity index (χ1v) is 6.58. The summed E-state index contributed by atoms with van der Waals surface area (Å²) in [6.07, 6.45) is -1.21. The lowest BCUT2D eigenvalue weighted by atomic mass is 10.1. The SMILES string of the molecule is CC(OS(=O)(=O)C(F)(F)F)c1cccc(Br)c1. The first-order valence-electron chi connectivity index (χ1n) is 4.38. The van der Waals surface area contributed by atoms with Gasteiger partial charge in [-0.3, -0.25) is 4.18 Å². The van der Waals surface area contributed by atoms with E-state index in [0.29, 0.717) is 10.0 Å². The van der Waals surface area contributed by atoms with Crippen LogP contribution in [-0.2, 0) is 14.3 Å². The highest BCUT2D eigenvalue weighted by atomic mass is 79.9. The molecule has 0 bridgehead atoms. The van der Waals surface area contributed by atoms with Crippen LogP contribution in [0.1, 0.15) is 18.6 Å². The fourth-order valence-corrected chi connectivity index (χ4v) is 2.08. The van der Waals surface area contributed by atoms with Gasteiger partial charge in [-0.05, 0) is 24.6 Å². The van der Waals surface area contributed by atoms with E-state index in [1.165, 1.54) is 19.1 Å². The van der Waals surface area contributed by atoms with Gasteiger partial charge in [0, 0.05) is 4.47 Å². The highest BCUT2D eigenvalue weighted by molar-refractivity contribution is 9.10. The van der Waals surface area contributed by atoms with Crippen molar-refractivity contribution in [2.75, 3.05) is 0 Å². The van der Waals surface area contributed by atoms with E-state index < -0.39 is 21.7 Å². The molecular formula is C9H8BrF3O3S. The highest BCUT2D eigenvalue weighted by Gasteiger charge is 2.48. The Hall–Kier alpha value is -0.600. The van der Waals surface area contributed by atoms with Crippen LogP contribution in [0, 0.1) is 0 Å². The average Bonchev–Trinajstić information content (AvgIpc) is 2.15. The van der Waals surface area contributed by atoms with Gasteiger partial charge in [-0.15, -0.1) is 0 Å². The van der Waals surface area contributed by atoms with Gasteiger partial charge in [0.25, 0.3) is 0 Å². The zero-order valence-electron chi connectivity index (χ0n) is 8.53. The standard InChI is InChI=1S/C9H8BrF3O3S/c1-6(7-3-2-4-8(10)5-7)16-17(14,15)9(11,12)13/h2-6H,1H3. The summed E-state index contributed by atoms with van der Waals surface area (Å²) in [6, 6.07) is 6.19. The van der Waals surface area contributed by atoms with Gasteiger partial charge < -0.3 is 0 Å². The van der Waals surface area contributed by atoms with Crippen molar-refractivity contribution < 1.29 is 25.8 Å². The number of rotatable bonds is 3. The average molecular weight is 333 g/mol. The third-order valence-electron chi connectivity index (χ3n) is 1.87. The quantitative estimate of drug-likeness (QED) is 0.629. The van der Waals surface area contributed by atoms with Crippen molar-refractivity contribution >= 4 is 26.0 Å². The van der Waals surface area contributed by atoms with Crippen LogP contribution >= 0.6 is 15.9 Å². The molecule has 0 fully saturated rings. The summed E-state index contributed by atoms with van der Waals surface area (Å²) in [5, 5.41) is 0. The summed E-state index contributed by atoms with van der Waals surface area (Å²) in [7, 11) is -5.57. The zero-order chi connectivity index (χ0) is 13.3. The largest absolute Gasteiger partial charge is 0.523 e. The predicted molar refractivity (Wildman–Crippen MR) is 58.6 cm³/mol. The molecule has 0 aromatic heterocycles. The minimum absolute atomic E-state index is 0.326. The monoisotopic (exact) mass is 332 g/mol. The molecule has 1 rings (SSSR count). The van der Waals surface area contributed by atoms with Gasteiger partial charge in [0.1, 0.15) is 0 Å². The van der Waals surface area contributed by atoms with Crippen LogP contribution in [0.5, 0.6) is 0 Å². The van der Waals surface area contributed by atoms with Gasteiger partial charge >= 0.3 is 15.6 Å². The third-order valence-corrected chi connectivity index (χ3v) is 3.47. The first-order chi connectivity index (χ1) is 7.63. The first kappa shape index (κ1) is 14.5. The minimum Gasteiger partial charge on any atom is -0.255 e. The van der Waals surface area contributed by atoms with Crippen molar-refractivity contribution in [3.63, 3.8) is 0 Å². The molecule has 0 radical (unpaired) electrons. The predicted octanol–water partition coefficient (Wildman–Crippen LogP) is 3.38. The van der Waals surface area contributed by atoms with Crippen LogP contribution in [0.2, 0.25) is 0 Å². The maximum absolute atomic E-state index is 12.1. The minimum atomic E-state index is -5.57. The Morgan fingerprint density at radius 1 is 1.35 bits per heavy atom. The number of alkyl halides is 3. The van der Waals surface area contributed by atoms with Gasteiger partial charge in [-0.2, -0.15) is 21.6 Å². The lowest BCUT2D eigenvalue weighted by molar-refractivity contribution is -0.0569. The van der Waals surface area contributed by atoms with Gasteiger partial charge in [-0.1, -0.05) is 28.1 Å². The summed E-state index contributed by atoms with van der Waals surface area (Å²) in [6.45, 7) is 1.23. The molecule has 1 atom stereocenters. The summed E-state index contributed by atoms with van der Waals surface area (Å²) < 4.78 is 62.4. The normalized spacial score (nSPS) is 14.6. The van der Waals surface area contributed by atoms with Crippen molar-refractivity contribution in [1.82, 2.24) is 0 Å². The summed E-state index contributed by atoms with van der Waals surface area (Å²) in [5.74, 6) is 0. The van der Waals surface area contributed by atoms with Crippen LogP contribution in [0.4, 0.5) is 13.2 Å². The van der Waals surface area contributed by atoms with Crippen molar-refractivity contribution in [2.45, 2.75) is 18.5 Å². The smallest absolute Gasteiger partial charge is 0.255 e. The van der Waals surface area contributed by atoms with Gasteiger partial charge in [0.2, 0.25) is 0 Å². The van der Waals surface area contributed by atoms with Gasteiger partial charge in [0.05, 0.1) is 6.10 Å². The van der Waals surface area contributed by atoms with Crippen molar-refractivity contribution in [3.05, 3.63) is 34.3 Å². The molecule has 0 aliphatic carbocycles. The maximum atomic E-state index is 12.1. The molecule has 8 heteroatoms. The van der Waals surface area contributed by atoms with E-state index in [1.807, 2.05) is 0 Å². The molecule has 17 heavy (non-hydrogen) atoms. The fourth-order valence-electron chi connectivity index (χ4n) is 1.06. The lowest BCUT2D eigenvalue weighted by Crippen LogP contribution is -2.26. The summed E-state index contributed by atoms with van der Waals surface area (Å²) in [5.41, 5.74) is -5.08. The molecule has 1 unspecified atom stereocenters. The second-order valence-corrected chi connectivity index (χ2v) is 5.67. The van der Waals surface area contributed by atoms with Crippen molar-refractivity contribution in [1.29, 1.82) is 0 Å². The number of hydrogen-bond acceptors (Lipinski definition) is 3. The zero-order valence-corrected chi connectivity index (χ0v) is 10.9. The molecule has 0 saturated heterocycles. The van der Waals surface area contributed by atoms with Gasteiger partial charge in [-0.25, -0.2) is 0 Å². The topological polar surface area (TPSA) is 43.4 Å². The second kappa shape index (κ2) is 4.95. The summed E-state index contributed by atoms with van der Waals surface area (Å²) in [4.78, 5) is 0. The molecule has 0 aliphatic heterocycles. The molecule has 0 saturated carbocycles. The van der Waals surface area contributed by atoms with E-state index in [1.54, 1.807) is 12.1 Å². The Labute approximate surface area is 105 Å². The lowest BCUT2D eigenvalue weighted by Gasteiger charge is -2.14. The number of hydrogen-bond donors (Lipinski definition) is 0. The van der Waals surface area contributed by atoms with Crippen molar-refractivity contribution in [2.24, 2.45) is 0 Å². The maximum Gasteiger partial charge on any atom is 0.523 e. The molecule has 0 amide bonds. The van der Waals surface area contributed by atoms with E-state index in [2.05, 4.69) is 20.1 Å². The Kier molecular flexibility index (Phi) is 4.21. The van der Waals surface area contributed by atoms with E-state index in [-0.39, 0.29) is 0 Å². The van der Waals surface area contributed by atoms with E-state index >= 15 is 0 Å². The van der Waals surface area contributed by atoms with Gasteiger partial charge in [0.15, 0.2) is 0 Å². The fraction of sp³-hybridized carbons (Fsp3) is 0.333. The van der Waals surface area contributed by atoms with Crippen molar-refractivity contribution in [3.8, 4) is 0 Å². The number of halogens is 4.